The van der Waals surface area contributed by atoms with E-state index in [9.17, 15) is 9.59 Å². The number of unbranched alkanes of at least 4 members (excludes halogenated alkanes) is 1. The zero-order valence-electron chi connectivity index (χ0n) is 11.7. The molecule has 1 aromatic carbocycles. The third-order valence-electron chi connectivity index (χ3n) is 3.17. The Balaban J connectivity index is 2.10. The molecule has 0 saturated carbocycles. The lowest BCUT2D eigenvalue weighted by atomic mass is 10.1. The summed E-state index contributed by atoms with van der Waals surface area (Å²) in [6.45, 7) is 2.11. The summed E-state index contributed by atoms with van der Waals surface area (Å²) in [6.07, 6.45) is 1.81. The number of methoxy groups -OCH3 is 1. The van der Waals surface area contributed by atoms with Crippen molar-refractivity contribution in [1.29, 1.82) is 0 Å². The Kier molecular flexibility index (Phi) is 4.61. The Morgan fingerprint density at radius 2 is 2.25 bits per heavy atom. The predicted octanol–water partition coefficient (Wildman–Crippen LogP) is 2.37. The molecule has 0 aromatic heterocycles. The van der Waals surface area contributed by atoms with E-state index in [0.717, 1.165) is 12.8 Å². The summed E-state index contributed by atoms with van der Waals surface area (Å²) in [5.41, 5.74) is 0.556. The highest BCUT2D eigenvalue weighted by Gasteiger charge is 2.24. The summed E-state index contributed by atoms with van der Waals surface area (Å²) in [5, 5.41) is 0. The molecule has 0 saturated heterocycles. The summed E-state index contributed by atoms with van der Waals surface area (Å²) in [4.78, 5) is 23.1. The molecule has 1 aliphatic heterocycles. The number of ketones is 1. The Bertz CT molecular complexity index is 509. The number of hydrogen-bond donors (Lipinski definition) is 0. The van der Waals surface area contributed by atoms with Crippen LogP contribution in [0.1, 0.15) is 36.5 Å². The summed E-state index contributed by atoms with van der Waals surface area (Å²) in [7, 11) is 1.34. The van der Waals surface area contributed by atoms with Crippen LogP contribution in [0.25, 0.3) is 0 Å². The minimum atomic E-state index is -0.630. The van der Waals surface area contributed by atoms with E-state index in [-0.39, 0.29) is 12.4 Å². The topological polar surface area (TPSA) is 61.8 Å². The van der Waals surface area contributed by atoms with Crippen LogP contribution in [-0.2, 0) is 9.53 Å². The smallest absolute Gasteiger partial charge is 0.347 e. The van der Waals surface area contributed by atoms with Crippen molar-refractivity contribution in [3.63, 3.8) is 0 Å². The van der Waals surface area contributed by atoms with Gasteiger partial charge in [-0.3, -0.25) is 4.79 Å². The average molecular weight is 278 g/mol. The van der Waals surface area contributed by atoms with Crippen LogP contribution in [0.2, 0.25) is 0 Å². The Morgan fingerprint density at radius 3 is 2.95 bits per heavy atom. The number of carbonyl (C=O) groups is 2. The quantitative estimate of drug-likeness (QED) is 0.748. The van der Waals surface area contributed by atoms with E-state index in [1.165, 1.54) is 7.11 Å². The minimum Gasteiger partial charge on any atom is -0.485 e. The summed E-state index contributed by atoms with van der Waals surface area (Å²) >= 11 is 0. The lowest BCUT2D eigenvalue weighted by Gasteiger charge is -2.17. The maximum Gasteiger partial charge on any atom is 0.347 e. The van der Waals surface area contributed by atoms with Crippen LogP contribution >= 0.6 is 0 Å². The number of carbonyl (C=O) groups excluding carboxylic acids is 2. The molecule has 20 heavy (non-hydrogen) atoms. The highest BCUT2D eigenvalue weighted by molar-refractivity contribution is 6.02. The van der Waals surface area contributed by atoms with Gasteiger partial charge in [-0.1, -0.05) is 13.3 Å². The molecule has 5 nitrogen and oxygen atoms in total. The average Bonchev–Trinajstić information content (AvgIpc) is 2.83. The zero-order valence-corrected chi connectivity index (χ0v) is 11.7. The summed E-state index contributed by atoms with van der Waals surface area (Å²) in [5.74, 6) is 0.578. The van der Waals surface area contributed by atoms with Crippen LogP contribution in [0.3, 0.4) is 0 Å². The fraction of sp³-hybridized carbons (Fsp3) is 0.467. The van der Waals surface area contributed by atoms with Gasteiger partial charge in [-0.05, 0) is 25.0 Å². The molecule has 0 bridgehead atoms. The first-order chi connectivity index (χ1) is 9.65. The number of benzene rings is 1. The Labute approximate surface area is 117 Å². The molecule has 1 aliphatic rings. The molecule has 0 amide bonds. The lowest BCUT2D eigenvalue weighted by Crippen LogP contribution is -2.28. The second kappa shape index (κ2) is 6.41. The molecular formula is C15H18O5. The lowest BCUT2D eigenvalue weighted by molar-refractivity contribution is -0.149. The molecule has 0 spiro atoms. The molecule has 1 aromatic rings. The second-order valence-corrected chi connectivity index (χ2v) is 4.64. The first-order valence-corrected chi connectivity index (χ1v) is 6.70. The minimum absolute atomic E-state index is 0.0398. The number of ether oxygens (including phenoxy) is 3. The standard InChI is InChI=1S/C15H18O5/c1-3-4-5-13(15(17)18-2)20-10-6-7-11-12(16)9-19-14(11)8-10/h6-8,13H,3-5,9H2,1-2H3. The van der Waals surface area contributed by atoms with Gasteiger partial charge >= 0.3 is 5.97 Å². The van der Waals surface area contributed by atoms with E-state index in [1.54, 1.807) is 18.2 Å². The summed E-state index contributed by atoms with van der Waals surface area (Å²) in [6, 6.07) is 4.98. The van der Waals surface area contributed by atoms with Gasteiger partial charge in [0.1, 0.15) is 11.5 Å². The number of rotatable bonds is 6. The van der Waals surface area contributed by atoms with Crippen molar-refractivity contribution >= 4 is 11.8 Å². The third-order valence-corrected chi connectivity index (χ3v) is 3.17. The van der Waals surface area contributed by atoms with Gasteiger partial charge in [-0.25, -0.2) is 4.79 Å². The number of hydrogen-bond acceptors (Lipinski definition) is 5. The van der Waals surface area contributed by atoms with Crippen molar-refractivity contribution in [3.8, 4) is 11.5 Å². The van der Waals surface area contributed by atoms with E-state index in [4.69, 9.17) is 14.2 Å². The van der Waals surface area contributed by atoms with E-state index < -0.39 is 12.1 Å². The second-order valence-electron chi connectivity index (χ2n) is 4.64. The van der Waals surface area contributed by atoms with Crippen LogP contribution in [0.5, 0.6) is 11.5 Å². The SMILES string of the molecule is CCCCC(Oc1ccc2c(c1)OCC2=O)C(=O)OC. The first kappa shape index (κ1) is 14.4. The van der Waals surface area contributed by atoms with E-state index in [2.05, 4.69) is 0 Å². The highest BCUT2D eigenvalue weighted by atomic mass is 16.6. The molecule has 0 fully saturated rings. The number of Topliss-reactive ketones (excluding diaryl/α,β-unsaturated/α-hetero) is 1. The van der Waals surface area contributed by atoms with Crippen LogP contribution in [0, 0.1) is 0 Å². The Morgan fingerprint density at radius 1 is 1.45 bits per heavy atom. The fourth-order valence-corrected chi connectivity index (χ4v) is 2.06. The van der Waals surface area contributed by atoms with Crippen molar-refractivity contribution in [2.75, 3.05) is 13.7 Å². The van der Waals surface area contributed by atoms with Crippen molar-refractivity contribution < 1.29 is 23.8 Å². The summed E-state index contributed by atoms with van der Waals surface area (Å²) < 4.78 is 15.7. The van der Waals surface area contributed by atoms with Crippen LogP contribution < -0.4 is 9.47 Å². The van der Waals surface area contributed by atoms with Crippen LogP contribution in [0.4, 0.5) is 0 Å². The molecule has 1 atom stereocenters. The number of fused-ring (bicyclic) bond motifs is 1. The van der Waals surface area contributed by atoms with E-state index in [1.807, 2.05) is 6.92 Å². The first-order valence-electron chi connectivity index (χ1n) is 6.70. The predicted molar refractivity (Wildman–Crippen MR) is 72.2 cm³/mol. The van der Waals surface area contributed by atoms with Gasteiger partial charge in [0.25, 0.3) is 0 Å². The monoisotopic (exact) mass is 278 g/mol. The normalized spacial score (nSPS) is 14.4. The molecule has 0 radical (unpaired) electrons. The van der Waals surface area contributed by atoms with Gasteiger partial charge in [0.05, 0.1) is 12.7 Å². The van der Waals surface area contributed by atoms with Crippen molar-refractivity contribution in [3.05, 3.63) is 23.8 Å². The molecular weight excluding hydrogens is 260 g/mol. The third kappa shape index (κ3) is 3.10. The van der Waals surface area contributed by atoms with Gasteiger partial charge in [0, 0.05) is 6.07 Å². The Hall–Kier alpha value is -2.04. The van der Waals surface area contributed by atoms with Gasteiger partial charge in [0.2, 0.25) is 5.78 Å². The van der Waals surface area contributed by atoms with Crippen LogP contribution in [0.15, 0.2) is 18.2 Å². The molecule has 0 N–H and O–H groups in total. The van der Waals surface area contributed by atoms with Crippen molar-refractivity contribution in [1.82, 2.24) is 0 Å². The molecule has 108 valence electrons. The van der Waals surface area contributed by atoms with Crippen molar-refractivity contribution in [2.24, 2.45) is 0 Å². The van der Waals surface area contributed by atoms with E-state index in [0.29, 0.717) is 23.5 Å². The van der Waals surface area contributed by atoms with Gasteiger partial charge in [-0.15, -0.1) is 0 Å². The molecule has 5 heteroatoms. The fourth-order valence-electron chi connectivity index (χ4n) is 2.06. The van der Waals surface area contributed by atoms with Gasteiger partial charge in [-0.2, -0.15) is 0 Å². The van der Waals surface area contributed by atoms with Gasteiger partial charge in [0.15, 0.2) is 12.7 Å². The van der Waals surface area contributed by atoms with Crippen LogP contribution in [-0.4, -0.2) is 31.6 Å². The number of esters is 1. The molecule has 1 unspecified atom stereocenters. The molecule has 0 aliphatic carbocycles. The molecule has 2 rings (SSSR count). The maximum atomic E-state index is 11.7. The van der Waals surface area contributed by atoms with Crippen molar-refractivity contribution in [2.45, 2.75) is 32.3 Å². The molecule has 1 heterocycles. The van der Waals surface area contributed by atoms with E-state index >= 15 is 0 Å². The zero-order chi connectivity index (χ0) is 14.5. The largest absolute Gasteiger partial charge is 0.485 e. The highest BCUT2D eigenvalue weighted by Crippen LogP contribution is 2.30. The maximum absolute atomic E-state index is 11.7. The van der Waals surface area contributed by atoms with Gasteiger partial charge < -0.3 is 14.2 Å².